The normalized spacial score (nSPS) is 18.7. The maximum atomic E-state index is 12.7. The van der Waals surface area contributed by atoms with E-state index in [1.54, 1.807) is 12.1 Å². The molecule has 2 rings (SSSR count). The van der Waals surface area contributed by atoms with Gasteiger partial charge in [-0.15, -0.1) is 0 Å². The molecule has 0 atom stereocenters. The third kappa shape index (κ3) is 2.04. The number of ether oxygens (including phenoxy) is 1. The highest BCUT2D eigenvalue weighted by Gasteiger charge is 2.35. The summed E-state index contributed by atoms with van der Waals surface area (Å²) in [5.74, 6) is 0.161. The Hall–Kier alpha value is -1.09. The van der Waals surface area contributed by atoms with E-state index in [4.69, 9.17) is 4.74 Å². The van der Waals surface area contributed by atoms with Crippen molar-refractivity contribution >= 4 is 0 Å². The summed E-state index contributed by atoms with van der Waals surface area (Å²) in [6.45, 7) is 0.260. The van der Waals surface area contributed by atoms with Crippen molar-refractivity contribution in [1.82, 2.24) is 0 Å². The maximum Gasteiger partial charge on any atom is 0.126 e. The van der Waals surface area contributed by atoms with Crippen LogP contribution in [0.2, 0.25) is 0 Å². The molecule has 1 saturated carbocycles. The first kappa shape index (κ1) is 9.46. The average Bonchev–Trinajstić information content (AvgIpc) is 2.12. The van der Waals surface area contributed by atoms with E-state index in [1.807, 2.05) is 0 Å². The SMILES string of the molecule is OC1(COc2cccc(F)c2)CCC1. The second-order valence-electron chi connectivity index (χ2n) is 3.82. The summed E-state index contributed by atoms with van der Waals surface area (Å²) in [4.78, 5) is 0. The predicted molar refractivity (Wildman–Crippen MR) is 50.7 cm³/mol. The zero-order chi connectivity index (χ0) is 10.0. The first-order valence-corrected chi connectivity index (χ1v) is 4.79. The number of hydrogen-bond donors (Lipinski definition) is 1. The number of rotatable bonds is 3. The topological polar surface area (TPSA) is 29.5 Å². The summed E-state index contributed by atoms with van der Waals surface area (Å²) < 4.78 is 18.0. The summed E-state index contributed by atoms with van der Waals surface area (Å²) in [5.41, 5.74) is -0.674. The van der Waals surface area contributed by atoms with E-state index < -0.39 is 5.60 Å². The Morgan fingerprint density at radius 2 is 2.21 bits per heavy atom. The van der Waals surface area contributed by atoms with Crippen LogP contribution in [0.4, 0.5) is 4.39 Å². The van der Waals surface area contributed by atoms with E-state index in [1.165, 1.54) is 12.1 Å². The van der Waals surface area contributed by atoms with E-state index in [9.17, 15) is 9.50 Å². The van der Waals surface area contributed by atoms with E-state index in [2.05, 4.69) is 0 Å². The maximum absolute atomic E-state index is 12.7. The van der Waals surface area contributed by atoms with Gasteiger partial charge >= 0.3 is 0 Å². The van der Waals surface area contributed by atoms with Gasteiger partial charge in [-0.05, 0) is 31.4 Å². The van der Waals surface area contributed by atoms with Crippen LogP contribution in [0.1, 0.15) is 19.3 Å². The van der Waals surface area contributed by atoms with Gasteiger partial charge in [-0.3, -0.25) is 0 Å². The number of hydrogen-bond acceptors (Lipinski definition) is 2. The first-order valence-electron chi connectivity index (χ1n) is 4.79. The lowest BCUT2D eigenvalue weighted by Crippen LogP contribution is -2.42. The van der Waals surface area contributed by atoms with Gasteiger partial charge in [-0.2, -0.15) is 0 Å². The highest BCUT2D eigenvalue weighted by molar-refractivity contribution is 5.22. The molecule has 0 amide bonds. The van der Waals surface area contributed by atoms with Crippen LogP contribution in [0.25, 0.3) is 0 Å². The molecule has 0 aliphatic heterocycles. The monoisotopic (exact) mass is 196 g/mol. The Bertz CT molecular complexity index is 321. The minimum Gasteiger partial charge on any atom is -0.490 e. The van der Waals surface area contributed by atoms with Gasteiger partial charge in [0.1, 0.15) is 18.2 Å². The van der Waals surface area contributed by atoms with E-state index in [0.29, 0.717) is 5.75 Å². The molecule has 1 aliphatic carbocycles. The van der Waals surface area contributed by atoms with Crippen LogP contribution in [0.5, 0.6) is 5.75 Å². The van der Waals surface area contributed by atoms with Crippen LogP contribution in [-0.4, -0.2) is 17.3 Å². The molecule has 1 fully saturated rings. The Morgan fingerprint density at radius 3 is 2.79 bits per heavy atom. The fourth-order valence-electron chi connectivity index (χ4n) is 1.50. The molecule has 0 saturated heterocycles. The molecule has 1 N–H and O–H groups in total. The van der Waals surface area contributed by atoms with E-state index in [0.717, 1.165) is 19.3 Å². The lowest BCUT2D eigenvalue weighted by Gasteiger charge is -2.35. The molecule has 0 radical (unpaired) electrons. The van der Waals surface area contributed by atoms with E-state index in [-0.39, 0.29) is 12.4 Å². The number of benzene rings is 1. The molecule has 2 nitrogen and oxygen atoms in total. The van der Waals surface area contributed by atoms with Gasteiger partial charge < -0.3 is 9.84 Å². The largest absolute Gasteiger partial charge is 0.490 e. The van der Waals surface area contributed by atoms with Crippen molar-refractivity contribution in [2.45, 2.75) is 24.9 Å². The van der Waals surface area contributed by atoms with Gasteiger partial charge in [0, 0.05) is 6.07 Å². The zero-order valence-electron chi connectivity index (χ0n) is 7.87. The van der Waals surface area contributed by atoms with Crippen molar-refractivity contribution in [3.8, 4) is 5.75 Å². The van der Waals surface area contributed by atoms with Gasteiger partial charge in [0.25, 0.3) is 0 Å². The molecular formula is C11H13FO2. The number of aliphatic hydroxyl groups is 1. The zero-order valence-corrected chi connectivity index (χ0v) is 7.87. The lowest BCUT2D eigenvalue weighted by atomic mass is 9.81. The molecule has 1 aromatic rings. The Kier molecular flexibility index (Phi) is 2.42. The van der Waals surface area contributed by atoms with Crippen LogP contribution in [-0.2, 0) is 0 Å². The van der Waals surface area contributed by atoms with Gasteiger partial charge in [-0.25, -0.2) is 4.39 Å². The number of halogens is 1. The van der Waals surface area contributed by atoms with Crippen molar-refractivity contribution in [2.24, 2.45) is 0 Å². The Labute approximate surface area is 82.3 Å². The lowest BCUT2D eigenvalue weighted by molar-refractivity contribution is -0.0664. The van der Waals surface area contributed by atoms with Crippen LogP contribution in [0.15, 0.2) is 24.3 Å². The molecule has 76 valence electrons. The van der Waals surface area contributed by atoms with Crippen molar-refractivity contribution in [1.29, 1.82) is 0 Å². The summed E-state index contributed by atoms with van der Waals surface area (Å²) >= 11 is 0. The van der Waals surface area contributed by atoms with Gasteiger partial charge in [-0.1, -0.05) is 6.07 Å². The fraction of sp³-hybridized carbons (Fsp3) is 0.455. The molecular weight excluding hydrogens is 183 g/mol. The minimum atomic E-state index is -0.674. The van der Waals surface area contributed by atoms with Crippen LogP contribution < -0.4 is 4.74 Å². The van der Waals surface area contributed by atoms with Crippen molar-refractivity contribution in [2.75, 3.05) is 6.61 Å². The molecule has 0 heterocycles. The third-order valence-corrected chi connectivity index (χ3v) is 2.59. The smallest absolute Gasteiger partial charge is 0.126 e. The standard InChI is InChI=1S/C11H13FO2/c12-9-3-1-4-10(7-9)14-8-11(13)5-2-6-11/h1,3-4,7,13H,2,5-6,8H2. The highest BCUT2D eigenvalue weighted by atomic mass is 19.1. The van der Waals surface area contributed by atoms with Crippen molar-refractivity contribution in [3.63, 3.8) is 0 Å². The Morgan fingerprint density at radius 1 is 1.43 bits per heavy atom. The minimum absolute atomic E-state index is 0.260. The van der Waals surface area contributed by atoms with Crippen LogP contribution in [0.3, 0.4) is 0 Å². The van der Waals surface area contributed by atoms with Crippen LogP contribution in [0, 0.1) is 5.82 Å². The second-order valence-corrected chi connectivity index (χ2v) is 3.82. The molecule has 0 aromatic heterocycles. The van der Waals surface area contributed by atoms with E-state index >= 15 is 0 Å². The summed E-state index contributed by atoms with van der Waals surface area (Å²) in [6, 6.07) is 5.97. The fourth-order valence-corrected chi connectivity index (χ4v) is 1.50. The molecule has 0 spiro atoms. The third-order valence-electron chi connectivity index (χ3n) is 2.59. The summed E-state index contributed by atoms with van der Waals surface area (Å²) in [5, 5.41) is 9.72. The average molecular weight is 196 g/mol. The predicted octanol–water partition coefficient (Wildman–Crippen LogP) is 2.12. The Balaban J connectivity index is 1.91. The molecule has 0 unspecified atom stereocenters. The molecule has 0 bridgehead atoms. The van der Waals surface area contributed by atoms with Crippen molar-refractivity contribution < 1.29 is 14.2 Å². The second kappa shape index (κ2) is 3.58. The van der Waals surface area contributed by atoms with Crippen LogP contribution >= 0.6 is 0 Å². The van der Waals surface area contributed by atoms with Gasteiger partial charge in [0.05, 0.1) is 5.60 Å². The van der Waals surface area contributed by atoms with Gasteiger partial charge in [0.15, 0.2) is 0 Å². The van der Waals surface area contributed by atoms with Gasteiger partial charge in [0.2, 0.25) is 0 Å². The summed E-state index contributed by atoms with van der Waals surface area (Å²) in [6.07, 6.45) is 2.60. The molecule has 3 heteroatoms. The highest BCUT2D eigenvalue weighted by Crippen LogP contribution is 2.32. The molecule has 1 aliphatic rings. The quantitative estimate of drug-likeness (QED) is 0.802. The molecule has 14 heavy (non-hydrogen) atoms. The summed E-state index contributed by atoms with van der Waals surface area (Å²) in [7, 11) is 0. The van der Waals surface area contributed by atoms with Crippen molar-refractivity contribution in [3.05, 3.63) is 30.1 Å². The first-order chi connectivity index (χ1) is 6.68. The molecule has 1 aromatic carbocycles.